The van der Waals surface area contributed by atoms with Crippen molar-refractivity contribution in [2.75, 3.05) is 13.2 Å². The lowest BCUT2D eigenvalue weighted by Crippen LogP contribution is -2.29. The zero-order chi connectivity index (χ0) is 15.4. The molecule has 0 unspecified atom stereocenters. The normalized spacial score (nSPS) is 10.8. The van der Waals surface area contributed by atoms with Gasteiger partial charge in [-0.25, -0.2) is 4.98 Å². The molecule has 1 N–H and O–H groups in total. The largest absolute Gasteiger partial charge is 0.492 e. The summed E-state index contributed by atoms with van der Waals surface area (Å²) in [6, 6.07) is 7.17. The van der Waals surface area contributed by atoms with Crippen LogP contribution in [0.25, 0.3) is 4.96 Å². The first-order chi connectivity index (χ1) is 10.7. The maximum absolute atomic E-state index is 11.8. The number of rotatable bonds is 6. The molecule has 1 amide bonds. The Labute approximate surface area is 136 Å². The molecule has 5 nitrogen and oxygen atoms in total. The molecule has 0 saturated carbocycles. The molecule has 2 aromatic heterocycles. The SMILES string of the molecule is O=C(Cc1cn2ccsc2n1)NCCOc1cccc(Cl)c1. The molecule has 0 saturated heterocycles. The highest BCUT2D eigenvalue weighted by Gasteiger charge is 2.07. The number of carbonyl (C=O) groups excluding carboxylic acids is 1. The van der Waals surface area contributed by atoms with Gasteiger partial charge in [0.15, 0.2) is 4.96 Å². The van der Waals surface area contributed by atoms with Gasteiger partial charge in [-0.1, -0.05) is 17.7 Å². The Morgan fingerprint density at radius 1 is 1.45 bits per heavy atom. The van der Waals surface area contributed by atoms with Gasteiger partial charge in [-0.05, 0) is 18.2 Å². The van der Waals surface area contributed by atoms with Gasteiger partial charge in [-0.2, -0.15) is 0 Å². The van der Waals surface area contributed by atoms with Crippen LogP contribution in [0.3, 0.4) is 0 Å². The van der Waals surface area contributed by atoms with E-state index in [0.717, 1.165) is 10.7 Å². The summed E-state index contributed by atoms with van der Waals surface area (Å²) in [7, 11) is 0. The Bertz CT molecular complexity index is 755. The van der Waals surface area contributed by atoms with Crippen LogP contribution < -0.4 is 10.1 Å². The summed E-state index contributed by atoms with van der Waals surface area (Å²) in [6.07, 6.45) is 4.06. The zero-order valence-electron chi connectivity index (χ0n) is 11.7. The fourth-order valence-electron chi connectivity index (χ4n) is 2.00. The lowest BCUT2D eigenvalue weighted by Gasteiger charge is -2.07. The number of halogens is 1. The van der Waals surface area contributed by atoms with Gasteiger partial charge in [0, 0.05) is 22.8 Å². The molecular formula is C15H14ClN3O2S. The van der Waals surface area contributed by atoms with E-state index in [0.29, 0.717) is 23.9 Å². The molecule has 114 valence electrons. The van der Waals surface area contributed by atoms with Crippen LogP contribution >= 0.6 is 22.9 Å². The van der Waals surface area contributed by atoms with E-state index in [2.05, 4.69) is 10.3 Å². The minimum absolute atomic E-state index is 0.0690. The number of amides is 1. The molecule has 0 aliphatic carbocycles. The standard InChI is InChI=1S/C15H14ClN3O2S/c16-11-2-1-3-13(8-11)21-6-4-17-14(20)9-12-10-19-5-7-22-15(19)18-12/h1-3,5,7-8,10H,4,6,9H2,(H,17,20). The van der Waals surface area contributed by atoms with Crippen LogP contribution in [0.1, 0.15) is 5.69 Å². The van der Waals surface area contributed by atoms with Gasteiger partial charge in [-0.3, -0.25) is 9.20 Å². The number of ether oxygens (including phenoxy) is 1. The van der Waals surface area contributed by atoms with Crippen LogP contribution in [0.15, 0.2) is 42.0 Å². The minimum atomic E-state index is -0.0690. The number of hydrogen-bond acceptors (Lipinski definition) is 4. The molecule has 3 aromatic rings. The van der Waals surface area contributed by atoms with E-state index in [4.69, 9.17) is 16.3 Å². The topological polar surface area (TPSA) is 55.6 Å². The fraction of sp³-hybridized carbons (Fsp3) is 0.200. The van der Waals surface area contributed by atoms with Crippen LogP contribution in [0.5, 0.6) is 5.75 Å². The Morgan fingerprint density at radius 2 is 2.36 bits per heavy atom. The summed E-state index contributed by atoms with van der Waals surface area (Å²) in [6.45, 7) is 0.831. The molecule has 0 aliphatic rings. The minimum Gasteiger partial charge on any atom is -0.492 e. The van der Waals surface area contributed by atoms with E-state index >= 15 is 0 Å². The van der Waals surface area contributed by atoms with Crippen molar-refractivity contribution >= 4 is 33.8 Å². The lowest BCUT2D eigenvalue weighted by molar-refractivity contribution is -0.120. The first-order valence-corrected chi connectivity index (χ1v) is 8.02. The predicted octanol–water partition coefficient (Wildman–Crippen LogP) is 2.79. The van der Waals surface area contributed by atoms with Crippen LogP contribution in [0, 0.1) is 0 Å². The summed E-state index contributed by atoms with van der Waals surface area (Å²) in [5, 5.41) is 5.39. The van der Waals surface area contributed by atoms with E-state index in [1.807, 2.05) is 34.3 Å². The van der Waals surface area contributed by atoms with Gasteiger partial charge in [0.2, 0.25) is 5.91 Å². The summed E-state index contributed by atoms with van der Waals surface area (Å²) in [4.78, 5) is 17.1. The van der Waals surface area contributed by atoms with Crippen molar-refractivity contribution in [2.24, 2.45) is 0 Å². The zero-order valence-corrected chi connectivity index (χ0v) is 13.2. The molecule has 1 aromatic carbocycles. The predicted molar refractivity (Wildman–Crippen MR) is 86.7 cm³/mol. The van der Waals surface area contributed by atoms with Gasteiger partial charge < -0.3 is 10.1 Å². The highest BCUT2D eigenvalue weighted by molar-refractivity contribution is 7.15. The van der Waals surface area contributed by atoms with Crippen LogP contribution in [-0.2, 0) is 11.2 Å². The van der Waals surface area contributed by atoms with E-state index in [1.54, 1.807) is 23.5 Å². The second-order valence-electron chi connectivity index (χ2n) is 4.66. The van der Waals surface area contributed by atoms with Crippen LogP contribution in [0.4, 0.5) is 0 Å². The fourth-order valence-corrected chi connectivity index (χ4v) is 2.90. The second kappa shape index (κ2) is 6.81. The number of nitrogens with one attached hydrogen (secondary N) is 1. The summed E-state index contributed by atoms with van der Waals surface area (Å²) < 4.78 is 7.42. The number of aromatic nitrogens is 2. The third-order valence-corrected chi connectivity index (χ3v) is 3.98. The molecule has 22 heavy (non-hydrogen) atoms. The molecule has 2 heterocycles. The molecule has 0 atom stereocenters. The number of imidazole rings is 1. The number of thiazole rings is 1. The van der Waals surface area contributed by atoms with Gasteiger partial charge in [0.05, 0.1) is 18.7 Å². The molecule has 0 fully saturated rings. The van der Waals surface area contributed by atoms with Crippen molar-refractivity contribution < 1.29 is 9.53 Å². The Morgan fingerprint density at radius 3 is 3.18 bits per heavy atom. The van der Waals surface area contributed by atoms with Crippen molar-refractivity contribution in [1.82, 2.24) is 14.7 Å². The van der Waals surface area contributed by atoms with Crippen molar-refractivity contribution in [3.63, 3.8) is 0 Å². The van der Waals surface area contributed by atoms with E-state index in [1.165, 1.54) is 0 Å². The number of fused-ring (bicyclic) bond motifs is 1. The van der Waals surface area contributed by atoms with Gasteiger partial charge in [-0.15, -0.1) is 11.3 Å². The summed E-state index contributed by atoms with van der Waals surface area (Å²) in [5.74, 6) is 0.622. The van der Waals surface area contributed by atoms with Crippen molar-refractivity contribution in [1.29, 1.82) is 0 Å². The molecule has 0 radical (unpaired) electrons. The monoisotopic (exact) mass is 335 g/mol. The quantitative estimate of drug-likeness (QED) is 0.705. The van der Waals surface area contributed by atoms with Gasteiger partial charge in [0.25, 0.3) is 0 Å². The smallest absolute Gasteiger partial charge is 0.226 e. The van der Waals surface area contributed by atoms with E-state index in [-0.39, 0.29) is 12.3 Å². The van der Waals surface area contributed by atoms with E-state index in [9.17, 15) is 4.79 Å². The third-order valence-electron chi connectivity index (χ3n) is 2.97. The molecule has 7 heteroatoms. The number of nitrogens with zero attached hydrogens (tertiary/aromatic N) is 2. The average molecular weight is 336 g/mol. The lowest BCUT2D eigenvalue weighted by atomic mass is 10.3. The van der Waals surface area contributed by atoms with Crippen LogP contribution in [0.2, 0.25) is 5.02 Å². The Kier molecular flexibility index (Phi) is 4.60. The van der Waals surface area contributed by atoms with Crippen molar-refractivity contribution in [3.8, 4) is 5.75 Å². The number of carbonyl (C=O) groups is 1. The highest BCUT2D eigenvalue weighted by atomic mass is 35.5. The average Bonchev–Trinajstić information content (AvgIpc) is 3.05. The molecule has 0 bridgehead atoms. The summed E-state index contributed by atoms with van der Waals surface area (Å²) in [5.41, 5.74) is 0.764. The van der Waals surface area contributed by atoms with Crippen molar-refractivity contribution in [3.05, 3.63) is 52.8 Å². The van der Waals surface area contributed by atoms with E-state index < -0.39 is 0 Å². The van der Waals surface area contributed by atoms with Crippen LogP contribution in [-0.4, -0.2) is 28.4 Å². The second-order valence-corrected chi connectivity index (χ2v) is 5.97. The first kappa shape index (κ1) is 14.9. The number of hydrogen-bond donors (Lipinski definition) is 1. The maximum atomic E-state index is 11.8. The molecule has 0 aliphatic heterocycles. The van der Waals surface area contributed by atoms with Gasteiger partial charge >= 0.3 is 0 Å². The third kappa shape index (κ3) is 3.78. The first-order valence-electron chi connectivity index (χ1n) is 6.77. The molecule has 3 rings (SSSR count). The molecular weight excluding hydrogens is 322 g/mol. The highest BCUT2D eigenvalue weighted by Crippen LogP contribution is 2.16. The number of benzene rings is 1. The summed E-state index contributed by atoms with van der Waals surface area (Å²) >= 11 is 7.41. The van der Waals surface area contributed by atoms with Crippen molar-refractivity contribution in [2.45, 2.75) is 6.42 Å². The Balaban J connectivity index is 1.41. The molecule has 0 spiro atoms. The van der Waals surface area contributed by atoms with Gasteiger partial charge in [0.1, 0.15) is 12.4 Å². The maximum Gasteiger partial charge on any atom is 0.226 e. The Hall–Kier alpha value is -2.05.